The lowest BCUT2D eigenvalue weighted by Gasteiger charge is -2.40. The predicted molar refractivity (Wildman–Crippen MR) is 304 cm³/mol. The van der Waals surface area contributed by atoms with Crippen LogP contribution in [-0.4, -0.2) is 87.5 Å². The van der Waals surface area contributed by atoms with Crippen molar-refractivity contribution >= 4 is 5.91 Å². The van der Waals surface area contributed by atoms with Crippen molar-refractivity contribution in [3.05, 3.63) is 36.5 Å². The average Bonchev–Trinajstić information content (AvgIpc) is 3.38. The molecule has 7 atom stereocenters. The molecule has 1 rings (SSSR count). The molecule has 0 aliphatic carbocycles. The summed E-state index contributed by atoms with van der Waals surface area (Å²) in [5.74, 6) is -0.173. The Morgan fingerprint density at radius 2 is 0.819 bits per heavy atom. The molecule has 0 aromatic carbocycles. The van der Waals surface area contributed by atoms with E-state index in [9.17, 15) is 30.3 Å². The van der Waals surface area contributed by atoms with E-state index in [1.54, 1.807) is 6.08 Å². The fourth-order valence-corrected chi connectivity index (χ4v) is 10.0. The Hall–Kier alpha value is -1.59. The van der Waals surface area contributed by atoms with Crippen LogP contribution in [0.4, 0.5) is 0 Å². The van der Waals surface area contributed by atoms with Gasteiger partial charge in [0.1, 0.15) is 24.4 Å². The highest BCUT2D eigenvalue weighted by molar-refractivity contribution is 5.76. The SMILES string of the molecule is CCCCCCCCCCC/C=C\C/C=C\CCCCCCCCCCCCCCCCCC(=O)NC(COC1OC(CO)C(O)C(O)C1O)C(O)/C=C/CCCCCCCCCCCCCCCCCC. The van der Waals surface area contributed by atoms with Crippen molar-refractivity contribution in [3.63, 3.8) is 0 Å². The molecule has 1 fully saturated rings. The maximum absolute atomic E-state index is 13.1. The Kier molecular flexibility index (Phi) is 50.2. The third-order valence-electron chi connectivity index (χ3n) is 15.0. The Balaban J connectivity index is 2.15. The summed E-state index contributed by atoms with van der Waals surface area (Å²) >= 11 is 0. The molecular weight excluding hydrogens is 899 g/mol. The number of ether oxygens (including phenoxy) is 2. The van der Waals surface area contributed by atoms with Gasteiger partial charge in [-0.25, -0.2) is 0 Å². The summed E-state index contributed by atoms with van der Waals surface area (Å²) in [6, 6.07) is -0.804. The van der Waals surface area contributed by atoms with E-state index in [4.69, 9.17) is 9.47 Å². The molecule has 9 nitrogen and oxygen atoms in total. The summed E-state index contributed by atoms with van der Waals surface area (Å²) in [6.45, 7) is 3.81. The Morgan fingerprint density at radius 1 is 0.472 bits per heavy atom. The molecule has 6 N–H and O–H groups in total. The smallest absolute Gasteiger partial charge is 0.220 e. The van der Waals surface area contributed by atoms with Gasteiger partial charge in [0, 0.05) is 6.42 Å². The van der Waals surface area contributed by atoms with Crippen molar-refractivity contribution in [2.75, 3.05) is 13.2 Å². The molecule has 0 spiro atoms. The third kappa shape index (κ3) is 41.6. The Morgan fingerprint density at radius 3 is 1.19 bits per heavy atom. The Labute approximate surface area is 444 Å². The van der Waals surface area contributed by atoms with Gasteiger partial charge in [-0.2, -0.15) is 0 Å². The molecule has 1 amide bonds. The second-order valence-corrected chi connectivity index (χ2v) is 21.9. The summed E-state index contributed by atoms with van der Waals surface area (Å²) < 4.78 is 11.3. The number of carbonyl (C=O) groups excluding carboxylic acids is 1. The number of aliphatic hydroxyl groups is 5. The van der Waals surface area contributed by atoms with Crippen molar-refractivity contribution in [2.24, 2.45) is 0 Å². The number of aliphatic hydroxyl groups excluding tert-OH is 5. The van der Waals surface area contributed by atoms with Crippen molar-refractivity contribution in [2.45, 2.75) is 346 Å². The predicted octanol–water partition coefficient (Wildman–Crippen LogP) is 15.9. The molecule has 0 aromatic heterocycles. The quantitative estimate of drug-likeness (QED) is 0.0261. The summed E-state index contributed by atoms with van der Waals surface area (Å²) in [4.78, 5) is 13.1. The summed E-state index contributed by atoms with van der Waals surface area (Å²) in [5.41, 5.74) is 0. The molecule has 0 bridgehead atoms. The number of allylic oxidation sites excluding steroid dienone is 5. The van der Waals surface area contributed by atoms with E-state index in [0.717, 1.165) is 44.9 Å². The monoisotopic (exact) mass is 1020 g/mol. The van der Waals surface area contributed by atoms with Crippen LogP contribution in [0.3, 0.4) is 0 Å². The molecule has 0 aromatic rings. The lowest BCUT2D eigenvalue weighted by atomic mass is 9.99. The van der Waals surface area contributed by atoms with Crippen molar-refractivity contribution in [3.8, 4) is 0 Å². The van der Waals surface area contributed by atoms with Crippen LogP contribution in [0.2, 0.25) is 0 Å². The zero-order chi connectivity index (χ0) is 52.2. The number of unbranched alkanes of at least 4 members (excludes halogenated alkanes) is 40. The molecule has 1 saturated heterocycles. The van der Waals surface area contributed by atoms with Gasteiger partial charge in [-0.15, -0.1) is 0 Å². The minimum atomic E-state index is -1.57. The fraction of sp³-hybridized carbons (Fsp3) is 0.889. The first-order valence-corrected chi connectivity index (χ1v) is 31.2. The van der Waals surface area contributed by atoms with Crippen LogP contribution in [0.25, 0.3) is 0 Å². The van der Waals surface area contributed by atoms with Crippen LogP contribution in [0.15, 0.2) is 36.5 Å². The van der Waals surface area contributed by atoms with Gasteiger partial charge in [0.25, 0.3) is 0 Å². The second-order valence-electron chi connectivity index (χ2n) is 21.9. The highest BCUT2D eigenvalue weighted by atomic mass is 16.7. The summed E-state index contributed by atoms with van der Waals surface area (Å²) in [5, 5.41) is 54.6. The van der Waals surface area contributed by atoms with Crippen LogP contribution in [0.1, 0.15) is 303 Å². The van der Waals surface area contributed by atoms with Gasteiger partial charge in [-0.1, -0.05) is 281 Å². The van der Waals surface area contributed by atoms with E-state index in [1.807, 2.05) is 6.08 Å². The van der Waals surface area contributed by atoms with E-state index >= 15 is 0 Å². The molecule has 1 aliphatic rings. The van der Waals surface area contributed by atoms with Crippen LogP contribution >= 0.6 is 0 Å². The van der Waals surface area contributed by atoms with Gasteiger partial charge in [-0.05, 0) is 51.4 Å². The lowest BCUT2D eigenvalue weighted by Crippen LogP contribution is -2.60. The fourth-order valence-electron chi connectivity index (χ4n) is 10.0. The molecule has 1 aliphatic heterocycles. The molecule has 7 unspecified atom stereocenters. The highest BCUT2D eigenvalue weighted by Gasteiger charge is 2.44. The number of hydrogen-bond donors (Lipinski definition) is 6. The average molecular weight is 1020 g/mol. The first-order valence-electron chi connectivity index (χ1n) is 31.2. The van der Waals surface area contributed by atoms with Crippen LogP contribution in [0, 0.1) is 0 Å². The molecule has 9 heteroatoms. The van der Waals surface area contributed by atoms with Crippen molar-refractivity contribution in [1.29, 1.82) is 0 Å². The highest BCUT2D eigenvalue weighted by Crippen LogP contribution is 2.23. The maximum Gasteiger partial charge on any atom is 0.220 e. The number of carbonyl (C=O) groups is 1. The van der Waals surface area contributed by atoms with Crippen molar-refractivity contribution < 1.29 is 39.8 Å². The van der Waals surface area contributed by atoms with E-state index in [1.165, 1.54) is 238 Å². The maximum atomic E-state index is 13.1. The zero-order valence-corrected chi connectivity index (χ0v) is 47.2. The summed E-state index contributed by atoms with van der Waals surface area (Å²) in [6.07, 6.45) is 62.2. The molecule has 0 saturated carbocycles. The molecule has 0 radical (unpaired) electrons. The van der Waals surface area contributed by atoms with Crippen molar-refractivity contribution in [1.82, 2.24) is 5.32 Å². The van der Waals surface area contributed by atoms with Gasteiger partial charge in [-0.3, -0.25) is 4.79 Å². The number of nitrogens with one attached hydrogen (secondary N) is 1. The summed E-state index contributed by atoms with van der Waals surface area (Å²) in [7, 11) is 0. The van der Waals surface area contributed by atoms with Gasteiger partial charge in [0.15, 0.2) is 6.29 Å². The molecular formula is C63H119NO8. The van der Waals surface area contributed by atoms with E-state index in [-0.39, 0.29) is 12.5 Å². The van der Waals surface area contributed by atoms with Crippen LogP contribution in [0.5, 0.6) is 0 Å². The molecule has 424 valence electrons. The minimum Gasteiger partial charge on any atom is -0.394 e. The molecule has 1 heterocycles. The van der Waals surface area contributed by atoms with E-state index < -0.39 is 49.5 Å². The normalized spacial score (nSPS) is 19.3. The number of amides is 1. The van der Waals surface area contributed by atoms with E-state index in [2.05, 4.69) is 43.5 Å². The van der Waals surface area contributed by atoms with Gasteiger partial charge in [0.05, 0.1) is 25.4 Å². The van der Waals surface area contributed by atoms with E-state index in [0.29, 0.717) is 6.42 Å². The minimum absolute atomic E-state index is 0.173. The molecule has 72 heavy (non-hydrogen) atoms. The first-order chi connectivity index (χ1) is 35.3. The van der Waals surface area contributed by atoms with Gasteiger partial charge < -0.3 is 40.3 Å². The topological polar surface area (TPSA) is 149 Å². The van der Waals surface area contributed by atoms with Gasteiger partial charge >= 0.3 is 0 Å². The van der Waals surface area contributed by atoms with Crippen LogP contribution < -0.4 is 5.32 Å². The Bertz CT molecular complexity index is 1230. The zero-order valence-electron chi connectivity index (χ0n) is 47.2. The van der Waals surface area contributed by atoms with Gasteiger partial charge in [0.2, 0.25) is 5.91 Å². The number of rotatable bonds is 54. The standard InChI is InChI=1S/C63H119NO8/c1-3-5-7-9-11-13-15-17-19-21-23-24-25-26-27-28-29-30-31-32-33-34-35-37-39-41-43-45-47-49-51-53-59(67)64-56(55-71-63-62(70)61(69)60(68)58(54-65)72-63)57(66)52-50-48-46-44-42-40-38-36-22-20-18-16-14-12-10-8-6-4-2/h23-24,26-27,50,52,56-58,60-63,65-66,68-70H,3-22,25,28-49,51,53-55H2,1-2H3,(H,64,67)/b24-23-,27-26-,52-50+. The third-order valence-corrected chi connectivity index (χ3v) is 15.0. The largest absolute Gasteiger partial charge is 0.394 e. The first kappa shape index (κ1) is 68.4. The lowest BCUT2D eigenvalue weighted by molar-refractivity contribution is -0.302. The number of hydrogen-bond acceptors (Lipinski definition) is 8. The second kappa shape index (κ2) is 52.8. The van der Waals surface area contributed by atoms with Crippen LogP contribution in [-0.2, 0) is 14.3 Å².